The number of aromatic nitrogens is 4. The smallest absolute Gasteiger partial charge is 0.256 e. The fraction of sp³-hybridized carbons (Fsp3) is 0.207. The molecule has 0 unspecified atom stereocenters. The van der Waals surface area contributed by atoms with E-state index in [9.17, 15) is 22.0 Å². The van der Waals surface area contributed by atoms with Crippen LogP contribution in [0.2, 0.25) is 0 Å². The van der Waals surface area contributed by atoms with E-state index < -0.39 is 29.0 Å². The Hall–Kier alpha value is -7.90. The molecule has 0 aliphatic carbocycles. The summed E-state index contributed by atoms with van der Waals surface area (Å²) in [6.07, 6.45) is 10.4. The van der Waals surface area contributed by atoms with Crippen LogP contribution in [0, 0.1) is 83.6 Å². The zero-order chi connectivity index (χ0) is 69.4. The molecule has 101 heavy (non-hydrogen) atoms. The Morgan fingerprint density at radius 3 is 1.31 bits per heavy atom. The summed E-state index contributed by atoms with van der Waals surface area (Å²) in [5.41, 5.74) is 19.8. The Kier molecular flexibility index (Phi) is 32.3. The number of halogens is 5. The molecular formula is C87H78F5Ir4N5-4. The maximum absolute atomic E-state index is 14.0. The Morgan fingerprint density at radius 1 is 0.416 bits per heavy atom. The van der Waals surface area contributed by atoms with Crippen molar-refractivity contribution in [3.05, 3.63) is 318 Å². The van der Waals surface area contributed by atoms with Crippen LogP contribution in [0.1, 0.15) is 103 Å². The molecule has 0 saturated heterocycles. The van der Waals surface area contributed by atoms with Gasteiger partial charge in [0.15, 0.2) is 0 Å². The minimum Gasteiger partial charge on any atom is -0.305 e. The SMILES string of the molecule is CC(C)Cc1ccnc(-c2[c-]ccc(-c3ccc(F)cc3)c2)c1.CC(C)c1ccc(-c2[c-]ccc(-c3cc(F)cc(F)c3)c2)nc1.Cc1c[c-]c(-c2cc(CC(C)(C)C)ccn2)cc1-c1ccccc1.[C-]#[N+]c1c(F)cc(-c2cc[c-]c(-c3cc(CC(C)(C)C)ccn3)c2)cc1F.[Ir].[Ir].[Ir].[Ir]. The molecule has 0 aliphatic heterocycles. The molecule has 14 heteroatoms. The van der Waals surface area contributed by atoms with Gasteiger partial charge >= 0.3 is 0 Å². The van der Waals surface area contributed by atoms with Gasteiger partial charge in [0.05, 0.1) is 6.57 Å². The standard InChI is InChI=1S/C23H19F2N2.C23H24N.C21H19FN.C20H16F2N.4Ir/c1-23(2,3)14-15-8-9-27-21(10-15)17-7-5-6-16(11-17)18-12-19(24)22(26-4)20(25)13-18;1-17-10-11-20(15-21(17)19-8-6-5-7-9-19)22-14-18(12-13-24-22)16-23(2,3)4;1-15(2)12-16-10-11-23-21(13-16)19-5-3-4-18(14-19)17-6-8-20(22)9-7-17;1-13(2)16-6-7-20(23-12-16)15-5-3-4-14(8-15)17-9-18(21)11-19(22)10-17;;;;/h5-6,8-13H,14H2,1-3H3;5-10,12-15H,16H2,1-4H3;3-4,6-11,13-15H,12H2,1-2H3;3-4,6-13H,1-2H3;;;;/q4*-1;;;;. The minimum atomic E-state index is -0.861. The van der Waals surface area contributed by atoms with Gasteiger partial charge in [-0.05, 0) is 147 Å². The van der Waals surface area contributed by atoms with Crippen LogP contribution >= 0.6 is 0 Å². The topological polar surface area (TPSA) is 55.9 Å². The molecule has 526 valence electrons. The third kappa shape index (κ3) is 25.0. The fourth-order valence-electron chi connectivity index (χ4n) is 11.0. The van der Waals surface area contributed by atoms with Crippen molar-refractivity contribution in [2.24, 2.45) is 16.7 Å². The van der Waals surface area contributed by atoms with Gasteiger partial charge in [-0.15, -0.1) is 136 Å². The van der Waals surface area contributed by atoms with E-state index in [0.717, 1.165) is 92.6 Å². The minimum absolute atomic E-state index is 0. The number of pyridine rings is 4. The van der Waals surface area contributed by atoms with Crippen molar-refractivity contribution in [3.8, 4) is 89.5 Å². The van der Waals surface area contributed by atoms with Crippen LogP contribution in [0.5, 0.6) is 0 Å². The molecule has 0 N–H and O–H groups in total. The maximum Gasteiger partial charge on any atom is 0.256 e. The van der Waals surface area contributed by atoms with Gasteiger partial charge in [0, 0.05) is 111 Å². The van der Waals surface area contributed by atoms with Crippen LogP contribution in [0.25, 0.3) is 94.4 Å². The van der Waals surface area contributed by atoms with E-state index in [1.165, 1.54) is 69.8 Å². The van der Waals surface area contributed by atoms with Gasteiger partial charge < -0.3 is 19.9 Å². The molecule has 4 radical (unpaired) electrons. The second kappa shape index (κ2) is 38.9. The number of hydrogen-bond donors (Lipinski definition) is 0. The quantitative estimate of drug-likeness (QED) is 0.0853. The number of nitrogens with zero attached hydrogens (tertiary/aromatic N) is 5. The first-order chi connectivity index (χ1) is 46.3. The van der Waals surface area contributed by atoms with Crippen LogP contribution < -0.4 is 0 Å². The molecule has 0 fully saturated rings. The maximum atomic E-state index is 14.0. The van der Waals surface area contributed by atoms with Gasteiger partial charge in [-0.1, -0.05) is 171 Å². The Labute approximate surface area is 647 Å². The Bertz CT molecular complexity index is 4640. The first-order valence-corrected chi connectivity index (χ1v) is 32.4. The summed E-state index contributed by atoms with van der Waals surface area (Å²) < 4.78 is 67.8. The van der Waals surface area contributed by atoms with E-state index in [0.29, 0.717) is 28.5 Å². The van der Waals surface area contributed by atoms with Crippen LogP contribution in [0.3, 0.4) is 0 Å². The summed E-state index contributed by atoms with van der Waals surface area (Å²) in [7, 11) is 0. The molecule has 0 bridgehead atoms. The monoisotopic (exact) mass is 2060 g/mol. The number of rotatable bonds is 13. The molecule has 5 nitrogen and oxygen atoms in total. The summed E-state index contributed by atoms with van der Waals surface area (Å²) in [4.78, 5) is 20.8. The van der Waals surface area contributed by atoms with Crippen molar-refractivity contribution in [1.29, 1.82) is 0 Å². The van der Waals surface area contributed by atoms with Crippen LogP contribution in [-0.4, -0.2) is 19.9 Å². The molecule has 0 spiro atoms. The van der Waals surface area contributed by atoms with Gasteiger partial charge in [-0.25, -0.2) is 26.8 Å². The summed E-state index contributed by atoms with van der Waals surface area (Å²) >= 11 is 0. The number of aryl methyl sites for hydroxylation is 1. The summed E-state index contributed by atoms with van der Waals surface area (Å²) in [5, 5.41) is 0. The molecule has 0 atom stereocenters. The normalized spacial score (nSPS) is 10.7. The predicted molar refractivity (Wildman–Crippen MR) is 386 cm³/mol. The van der Waals surface area contributed by atoms with Crippen LogP contribution in [0.15, 0.2) is 225 Å². The number of hydrogen-bond acceptors (Lipinski definition) is 4. The van der Waals surface area contributed by atoms with E-state index in [-0.39, 0.29) is 97.1 Å². The van der Waals surface area contributed by atoms with E-state index in [1.54, 1.807) is 48.7 Å². The molecule has 0 saturated carbocycles. The van der Waals surface area contributed by atoms with Crippen molar-refractivity contribution < 1.29 is 102 Å². The summed E-state index contributed by atoms with van der Waals surface area (Å²) in [6, 6.07) is 73.1. The fourth-order valence-corrected chi connectivity index (χ4v) is 11.0. The molecule has 4 heterocycles. The summed E-state index contributed by atoms with van der Waals surface area (Å²) in [5.74, 6) is -2.09. The molecule has 8 aromatic carbocycles. The van der Waals surface area contributed by atoms with E-state index in [2.05, 4.69) is 192 Å². The molecule has 12 rings (SSSR count). The van der Waals surface area contributed by atoms with Gasteiger partial charge in [0.2, 0.25) is 0 Å². The van der Waals surface area contributed by atoms with E-state index in [4.69, 9.17) is 6.57 Å². The van der Waals surface area contributed by atoms with Crippen LogP contribution in [0.4, 0.5) is 27.6 Å². The first kappa shape index (κ1) is 83.8. The molecule has 4 aromatic heterocycles. The molecule has 12 aromatic rings. The number of benzene rings is 8. The van der Waals surface area contributed by atoms with Crippen molar-refractivity contribution in [2.45, 2.75) is 101 Å². The van der Waals surface area contributed by atoms with Crippen molar-refractivity contribution >= 4 is 5.69 Å². The molecule has 0 amide bonds. The molecular weight excluding hydrogens is 1980 g/mol. The van der Waals surface area contributed by atoms with Gasteiger partial charge in [-0.2, -0.15) is 0 Å². The van der Waals surface area contributed by atoms with Crippen molar-refractivity contribution in [1.82, 2.24) is 19.9 Å². The Morgan fingerprint density at radius 2 is 0.861 bits per heavy atom. The van der Waals surface area contributed by atoms with Crippen molar-refractivity contribution in [3.63, 3.8) is 0 Å². The third-order valence-corrected chi connectivity index (χ3v) is 15.6. The zero-order valence-corrected chi connectivity index (χ0v) is 67.7. The first-order valence-electron chi connectivity index (χ1n) is 32.4. The average molecular weight is 2060 g/mol. The second-order valence-electron chi connectivity index (χ2n) is 27.2. The average Bonchev–Trinajstić information content (AvgIpc) is 0.842. The molecule has 0 aliphatic rings. The van der Waals surface area contributed by atoms with Gasteiger partial charge in [0.1, 0.15) is 29.1 Å². The van der Waals surface area contributed by atoms with Gasteiger partial charge in [0.25, 0.3) is 5.69 Å². The van der Waals surface area contributed by atoms with Crippen molar-refractivity contribution in [2.75, 3.05) is 0 Å². The third-order valence-electron chi connectivity index (χ3n) is 15.6. The zero-order valence-electron chi connectivity index (χ0n) is 58.1. The largest absolute Gasteiger partial charge is 0.305 e. The van der Waals surface area contributed by atoms with Crippen LogP contribution in [-0.2, 0) is 99.7 Å². The van der Waals surface area contributed by atoms with Gasteiger partial charge in [-0.3, -0.25) is 0 Å². The Balaban J connectivity index is 0.000000240. The second-order valence-corrected chi connectivity index (χ2v) is 27.2. The predicted octanol–water partition coefficient (Wildman–Crippen LogP) is 23.9. The summed E-state index contributed by atoms with van der Waals surface area (Å²) in [6.45, 7) is 31.0. The van der Waals surface area contributed by atoms with E-state index in [1.807, 2.05) is 67.1 Å². The van der Waals surface area contributed by atoms with E-state index >= 15 is 0 Å².